The molecule has 0 N–H and O–H groups in total. The molecule has 1 unspecified atom stereocenters. The average Bonchev–Trinajstić information content (AvgIpc) is 2.72. The predicted octanol–water partition coefficient (Wildman–Crippen LogP) is 8.66. The highest BCUT2D eigenvalue weighted by atomic mass is 16.1. The largest absolute Gasteiger partial charge is 0.289 e. The first-order valence-electron chi connectivity index (χ1n) is 12.4. The van der Waals surface area contributed by atoms with Crippen molar-refractivity contribution in [3.63, 3.8) is 0 Å². The Balaban J connectivity index is 2.02. The van der Waals surface area contributed by atoms with E-state index >= 15 is 0 Å². The second kappa shape index (κ2) is 9.72. The summed E-state index contributed by atoms with van der Waals surface area (Å²) in [6.45, 7) is 15.7. The number of ketones is 1. The van der Waals surface area contributed by atoms with Gasteiger partial charge in [-0.05, 0) is 71.1 Å². The molecule has 2 aromatic carbocycles. The molecule has 3 rings (SSSR count). The molecule has 1 saturated carbocycles. The Bertz CT molecular complexity index is 897. The Hall–Kier alpha value is -1.89. The van der Waals surface area contributed by atoms with E-state index in [4.69, 9.17) is 0 Å². The highest BCUT2D eigenvalue weighted by Gasteiger charge is 2.28. The molecule has 1 nitrogen and oxygen atoms in total. The topological polar surface area (TPSA) is 17.1 Å². The Kier molecular flexibility index (Phi) is 7.45. The zero-order chi connectivity index (χ0) is 22.8. The molecule has 31 heavy (non-hydrogen) atoms. The summed E-state index contributed by atoms with van der Waals surface area (Å²) in [4.78, 5) is 13.9. The van der Waals surface area contributed by atoms with Gasteiger partial charge < -0.3 is 0 Å². The second-order valence-corrected chi connectivity index (χ2v) is 11.5. The van der Waals surface area contributed by atoms with Crippen molar-refractivity contribution in [2.45, 2.75) is 97.8 Å². The third-order valence-electron chi connectivity index (χ3n) is 6.98. The molecule has 0 aromatic heterocycles. The van der Waals surface area contributed by atoms with Gasteiger partial charge in [0.05, 0.1) is 0 Å². The number of carbonyl (C=O) groups excluding carboxylic acids is 1. The third kappa shape index (κ3) is 5.68. The SMILES string of the molecule is CC(C)C[C@@H]1CCCC(c2ccc(C(C)(C)C)c(C(=O)c3ccccc3C(C)C)c2)C1. The van der Waals surface area contributed by atoms with Crippen molar-refractivity contribution in [1.82, 2.24) is 0 Å². The molecule has 168 valence electrons. The molecule has 0 spiro atoms. The summed E-state index contributed by atoms with van der Waals surface area (Å²) in [7, 11) is 0. The van der Waals surface area contributed by atoms with E-state index in [-0.39, 0.29) is 11.2 Å². The van der Waals surface area contributed by atoms with Gasteiger partial charge in [0, 0.05) is 11.1 Å². The lowest BCUT2D eigenvalue weighted by molar-refractivity contribution is 0.103. The maximum absolute atomic E-state index is 13.9. The fraction of sp³-hybridized carbons (Fsp3) is 0.567. The maximum atomic E-state index is 13.9. The van der Waals surface area contributed by atoms with Crippen molar-refractivity contribution in [3.8, 4) is 0 Å². The van der Waals surface area contributed by atoms with E-state index in [0.717, 1.165) is 34.1 Å². The standard InChI is InChI=1S/C30H42O/c1-20(2)17-22-11-10-12-23(18-22)24-15-16-28(30(5,6)7)27(19-24)29(31)26-14-9-8-13-25(26)21(3)4/h8-9,13-16,19-23H,10-12,17-18H2,1-7H3/t22-,23?/m0/s1. The number of rotatable bonds is 6. The summed E-state index contributed by atoms with van der Waals surface area (Å²) in [5, 5.41) is 0. The van der Waals surface area contributed by atoms with Crippen LogP contribution in [0.5, 0.6) is 0 Å². The van der Waals surface area contributed by atoms with Crippen LogP contribution in [-0.4, -0.2) is 5.78 Å². The van der Waals surface area contributed by atoms with Gasteiger partial charge in [0.15, 0.2) is 5.78 Å². The summed E-state index contributed by atoms with van der Waals surface area (Å²) >= 11 is 0. The quantitative estimate of drug-likeness (QED) is 0.429. The number of benzene rings is 2. The fourth-order valence-corrected chi connectivity index (χ4v) is 5.48. The van der Waals surface area contributed by atoms with Crippen molar-refractivity contribution in [1.29, 1.82) is 0 Å². The Morgan fingerprint density at radius 2 is 1.68 bits per heavy atom. The first-order chi connectivity index (χ1) is 14.6. The minimum Gasteiger partial charge on any atom is -0.289 e. The molecule has 1 aliphatic carbocycles. The van der Waals surface area contributed by atoms with E-state index in [0.29, 0.717) is 11.8 Å². The third-order valence-corrected chi connectivity index (χ3v) is 6.98. The molecule has 0 saturated heterocycles. The smallest absolute Gasteiger partial charge is 0.193 e. The van der Waals surface area contributed by atoms with E-state index in [2.05, 4.69) is 72.7 Å². The van der Waals surface area contributed by atoms with Crippen LogP contribution in [0.1, 0.15) is 125 Å². The van der Waals surface area contributed by atoms with E-state index in [1.807, 2.05) is 18.2 Å². The van der Waals surface area contributed by atoms with Gasteiger partial charge in [0.1, 0.15) is 0 Å². The Morgan fingerprint density at radius 3 is 2.32 bits per heavy atom. The van der Waals surface area contributed by atoms with Crippen molar-refractivity contribution in [3.05, 3.63) is 70.3 Å². The average molecular weight is 419 g/mol. The van der Waals surface area contributed by atoms with E-state index in [1.54, 1.807) is 0 Å². The van der Waals surface area contributed by atoms with Crippen molar-refractivity contribution in [2.24, 2.45) is 11.8 Å². The monoisotopic (exact) mass is 418 g/mol. The molecule has 1 fully saturated rings. The van der Waals surface area contributed by atoms with Gasteiger partial charge >= 0.3 is 0 Å². The van der Waals surface area contributed by atoms with Crippen molar-refractivity contribution in [2.75, 3.05) is 0 Å². The van der Waals surface area contributed by atoms with Crippen LogP contribution in [-0.2, 0) is 5.41 Å². The van der Waals surface area contributed by atoms with Gasteiger partial charge in [-0.1, -0.05) is 97.7 Å². The van der Waals surface area contributed by atoms with Gasteiger partial charge in [-0.15, -0.1) is 0 Å². The number of hydrogen-bond acceptors (Lipinski definition) is 1. The highest BCUT2D eigenvalue weighted by molar-refractivity contribution is 6.11. The van der Waals surface area contributed by atoms with Crippen LogP contribution in [0.4, 0.5) is 0 Å². The Morgan fingerprint density at radius 1 is 0.968 bits per heavy atom. The lowest BCUT2D eigenvalue weighted by Gasteiger charge is -2.31. The summed E-state index contributed by atoms with van der Waals surface area (Å²) in [5.41, 5.74) is 5.38. The van der Waals surface area contributed by atoms with Crippen LogP contribution < -0.4 is 0 Å². The summed E-state index contributed by atoms with van der Waals surface area (Å²) < 4.78 is 0. The zero-order valence-corrected chi connectivity index (χ0v) is 20.8. The maximum Gasteiger partial charge on any atom is 0.193 e. The van der Waals surface area contributed by atoms with Gasteiger partial charge in [0.25, 0.3) is 0 Å². The van der Waals surface area contributed by atoms with Crippen LogP contribution in [0.25, 0.3) is 0 Å². The summed E-state index contributed by atoms with van der Waals surface area (Å²) in [5.74, 6) is 2.68. The fourth-order valence-electron chi connectivity index (χ4n) is 5.48. The number of carbonyl (C=O) groups is 1. The van der Waals surface area contributed by atoms with E-state index in [1.165, 1.54) is 37.7 Å². The van der Waals surface area contributed by atoms with Gasteiger partial charge in [-0.2, -0.15) is 0 Å². The van der Waals surface area contributed by atoms with Gasteiger partial charge in [0.2, 0.25) is 0 Å². The molecule has 2 aromatic rings. The highest BCUT2D eigenvalue weighted by Crippen LogP contribution is 2.40. The van der Waals surface area contributed by atoms with Crippen LogP contribution >= 0.6 is 0 Å². The molecular formula is C30H42O. The lowest BCUT2D eigenvalue weighted by atomic mass is 9.73. The van der Waals surface area contributed by atoms with E-state index < -0.39 is 0 Å². The normalized spacial score (nSPS) is 19.8. The molecule has 0 amide bonds. The molecule has 2 atom stereocenters. The molecular weight excluding hydrogens is 376 g/mol. The molecule has 1 aliphatic rings. The van der Waals surface area contributed by atoms with Crippen molar-refractivity contribution >= 4 is 5.78 Å². The minimum absolute atomic E-state index is 0.0664. The van der Waals surface area contributed by atoms with Gasteiger partial charge in [-0.25, -0.2) is 0 Å². The second-order valence-electron chi connectivity index (χ2n) is 11.5. The van der Waals surface area contributed by atoms with E-state index in [9.17, 15) is 4.79 Å². The summed E-state index contributed by atoms with van der Waals surface area (Å²) in [6, 6.07) is 15.0. The predicted molar refractivity (Wildman–Crippen MR) is 133 cm³/mol. The van der Waals surface area contributed by atoms with Crippen LogP contribution in [0.2, 0.25) is 0 Å². The van der Waals surface area contributed by atoms with Crippen LogP contribution in [0.3, 0.4) is 0 Å². The first kappa shape index (κ1) is 23.8. The summed E-state index contributed by atoms with van der Waals surface area (Å²) in [6.07, 6.45) is 6.51. The van der Waals surface area contributed by atoms with Crippen LogP contribution in [0.15, 0.2) is 42.5 Å². The molecule has 1 heteroatoms. The molecule has 0 bridgehead atoms. The Labute approximate surface area is 190 Å². The molecule has 0 radical (unpaired) electrons. The van der Waals surface area contributed by atoms with Crippen molar-refractivity contribution < 1.29 is 4.79 Å². The lowest BCUT2D eigenvalue weighted by Crippen LogP contribution is -2.20. The minimum atomic E-state index is -0.0664. The zero-order valence-electron chi connectivity index (χ0n) is 20.8. The molecule has 0 aliphatic heterocycles. The van der Waals surface area contributed by atoms with Gasteiger partial charge in [-0.3, -0.25) is 4.79 Å². The number of hydrogen-bond donors (Lipinski definition) is 0. The molecule has 0 heterocycles. The van der Waals surface area contributed by atoms with Crippen LogP contribution in [0, 0.1) is 11.8 Å². The first-order valence-corrected chi connectivity index (χ1v) is 12.4.